The number of aliphatic carboxylic acids is 1. The number of benzene rings is 1. The lowest BCUT2D eigenvalue weighted by Crippen LogP contribution is -2.30. The van der Waals surface area contributed by atoms with Crippen LogP contribution in [0, 0.1) is 0 Å². The Morgan fingerprint density at radius 1 is 1.24 bits per heavy atom. The van der Waals surface area contributed by atoms with Crippen molar-refractivity contribution in [1.29, 1.82) is 0 Å². The summed E-state index contributed by atoms with van der Waals surface area (Å²) in [4.78, 5) is 9.67. The maximum Gasteiger partial charge on any atom is 0.332 e. The van der Waals surface area contributed by atoms with Gasteiger partial charge in [0.05, 0.1) is 9.79 Å². The van der Waals surface area contributed by atoms with Gasteiger partial charge in [-0.1, -0.05) is 6.07 Å². The number of carboxylic acid groups (broad SMARTS) is 1. The van der Waals surface area contributed by atoms with Gasteiger partial charge < -0.3 is 10.2 Å². The lowest BCUT2D eigenvalue weighted by molar-refractivity contribution is -0.146. The third-order valence-corrected chi connectivity index (χ3v) is 4.81. The van der Waals surface area contributed by atoms with Gasteiger partial charge in [-0.3, -0.25) is 0 Å². The molecule has 0 amide bonds. The first-order chi connectivity index (χ1) is 9.54. The van der Waals surface area contributed by atoms with Gasteiger partial charge in [0.1, 0.15) is 0 Å². The van der Waals surface area contributed by atoms with Gasteiger partial charge in [-0.15, -0.1) is 0 Å². The molecule has 21 heavy (non-hydrogen) atoms. The highest BCUT2D eigenvalue weighted by Crippen LogP contribution is 2.14. The number of primary sulfonamides is 1. The van der Waals surface area contributed by atoms with Crippen LogP contribution < -0.4 is 9.86 Å². The van der Waals surface area contributed by atoms with Crippen LogP contribution in [0.3, 0.4) is 0 Å². The number of carboxylic acids is 1. The molecule has 118 valence electrons. The van der Waals surface area contributed by atoms with Gasteiger partial charge in [-0.25, -0.2) is 31.5 Å². The summed E-state index contributed by atoms with van der Waals surface area (Å²) in [6, 6.07) is 4.39. The molecule has 0 saturated carbocycles. The van der Waals surface area contributed by atoms with Gasteiger partial charge in [0, 0.05) is 6.54 Å². The normalized spacial score (nSPS) is 13.8. The maximum absolute atomic E-state index is 11.9. The number of nitrogens with one attached hydrogen (secondary N) is 1. The molecule has 1 rings (SSSR count). The Morgan fingerprint density at radius 2 is 1.81 bits per heavy atom. The van der Waals surface area contributed by atoms with E-state index in [0.29, 0.717) is 0 Å². The number of rotatable bonds is 7. The van der Waals surface area contributed by atoms with Gasteiger partial charge >= 0.3 is 5.97 Å². The zero-order chi connectivity index (χ0) is 16.3. The second-order valence-corrected chi connectivity index (χ2v) is 7.39. The molecular formula is C10H14N2O7S2. The van der Waals surface area contributed by atoms with E-state index in [4.69, 9.17) is 15.4 Å². The minimum absolute atomic E-state index is 0.324. The van der Waals surface area contributed by atoms with Gasteiger partial charge in [0.25, 0.3) is 0 Å². The van der Waals surface area contributed by atoms with E-state index in [9.17, 15) is 21.6 Å². The number of aliphatic hydroxyl groups is 1. The predicted octanol–water partition coefficient (Wildman–Crippen LogP) is -1.55. The average Bonchev–Trinajstić information content (AvgIpc) is 2.37. The van der Waals surface area contributed by atoms with Gasteiger partial charge in [0.2, 0.25) is 20.0 Å². The predicted molar refractivity (Wildman–Crippen MR) is 71.3 cm³/mol. The molecule has 5 N–H and O–H groups in total. The molecule has 0 fully saturated rings. The zero-order valence-corrected chi connectivity index (χ0v) is 12.3. The van der Waals surface area contributed by atoms with Crippen molar-refractivity contribution in [2.24, 2.45) is 5.14 Å². The Hall–Kier alpha value is -1.53. The average molecular weight is 338 g/mol. The molecule has 0 unspecified atom stereocenters. The molecule has 0 radical (unpaired) electrons. The number of sulfonamides is 2. The van der Waals surface area contributed by atoms with Crippen LogP contribution in [0.1, 0.15) is 6.42 Å². The fraction of sp³-hybridized carbons (Fsp3) is 0.300. The van der Waals surface area contributed by atoms with Crippen molar-refractivity contribution in [2.75, 3.05) is 6.54 Å². The van der Waals surface area contributed by atoms with Gasteiger partial charge in [0.15, 0.2) is 6.10 Å². The summed E-state index contributed by atoms with van der Waals surface area (Å²) in [5, 5.41) is 22.4. The van der Waals surface area contributed by atoms with Crippen molar-refractivity contribution in [2.45, 2.75) is 22.3 Å². The highest BCUT2D eigenvalue weighted by molar-refractivity contribution is 7.90. The standard InChI is InChI=1S/C10H14N2O7S2/c11-20(16,17)7-2-1-3-8(6-7)21(18,19)12-5-4-9(13)10(14)15/h1-3,6,9,12-13H,4-5H2,(H,14,15)(H2,11,16,17)/t9-/m0/s1. The lowest BCUT2D eigenvalue weighted by atomic mass is 10.3. The van der Waals surface area contributed by atoms with Crippen LogP contribution in [-0.2, 0) is 24.8 Å². The van der Waals surface area contributed by atoms with E-state index < -0.39 is 32.1 Å². The highest BCUT2D eigenvalue weighted by Gasteiger charge is 2.19. The number of aliphatic hydroxyl groups excluding tert-OH is 1. The minimum Gasteiger partial charge on any atom is -0.479 e. The van der Waals surface area contributed by atoms with Crippen LogP contribution in [0.25, 0.3) is 0 Å². The van der Waals surface area contributed by atoms with E-state index in [2.05, 4.69) is 4.72 Å². The Kier molecular flexibility index (Phi) is 5.42. The van der Waals surface area contributed by atoms with Crippen molar-refractivity contribution in [3.05, 3.63) is 24.3 Å². The summed E-state index contributed by atoms with van der Waals surface area (Å²) in [5.74, 6) is -1.47. The molecule has 0 aromatic heterocycles. The first-order valence-electron chi connectivity index (χ1n) is 5.57. The monoisotopic (exact) mass is 338 g/mol. The number of nitrogens with two attached hydrogens (primary N) is 1. The third kappa shape index (κ3) is 5.06. The molecule has 1 aromatic carbocycles. The lowest BCUT2D eigenvalue weighted by Gasteiger charge is -2.09. The molecule has 11 heteroatoms. The van der Waals surface area contributed by atoms with E-state index in [1.165, 1.54) is 6.07 Å². The van der Waals surface area contributed by atoms with Crippen LogP contribution in [0.5, 0.6) is 0 Å². The van der Waals surface area contributed by atoms with Crippen LogP contribution in [0.4, 0.5) is 0 Å². The molecule has 9 nitrogen and oxygen atoms in total. The first-order valence-corrected chi connectivity index (χ1v) is 8.60. The molecule has 0 spiro atoms. The van der Waals surface area contributed by atoms with E-state index in [-0.39, 0.29) is 22.8 Å². The van der Waals surface area contributed by atoms with E-state index in [0.717, 1.165) is 18.2 Å². The molecular weight excluding hydrogens is 324 g/mol. The molecule has 0 bridgehead atoms. The maximum atomic E-state index is 11.9. The smallest absolute Gasteiger partial charge is 0.332 e. The summed E-state index contributed by atoms with van der Waals surface area (Å²) in [6.07, 6.45) is -2.02. The number of hydrogen-bond acceptors (Lipinski definition) is 6. The largest absolute Gasteiger partial charge is 0.479 e. The molecule has 0 aliphatic heterocycles. The fourth-order valence-electron chi connectivity index (χ4n) is 1.36. The first kappa shape index (κ1) is 17.5. The Labute approximate surface area is 121 Å². The highest BCUT2D eigenvalue weighted by atomic mass is 32.2. The molecule has 1 atom stereocenters. The molecule has 0 aliphatic carbocycles. The van der Waals surface area contributed by atoms with Crippen molar-refractivity contribution in [1.82, 2.24) is 4.72 Å². The van der Waals surface area contributed by atoms with Crippen LogP contribution in [0.2, 0.25) is 0 Å². The zero-order valence-electron chi connectivity index (χ0n) is 10.6. The number of carbonyl (C=O) groups is 1. The summed E-state index contributed by atoms with van der Waals surface area (Å²) in [7, 11) is -8.08. The van der Waals surface area contributed by atoms with Crippen molar-refractivity contribution >= 4 is 26.0 Å². The van der Waals surface area contributed by atoms with E-state index in [1.807, 2.05) is 0 Å². The van der Waals surface area contributed by atoms with Gasteiger partial charge in [-0.2, -0.15) is 0 Å². The van der Waals surface area contributed by atoms with Crippen LogP contribution in [-0.4, -0.2) is 45.7 Å². The Morgan fingerprint density at radius 3 is 2.33 bits per heavy atom. The van der Waals surface area contributed by atoms with E-state index >= 15 is 0 Å². The third-order valence-electron chi connectivity index (χ3n) is 2.44. The van der Waals surface area contributed by atoms with Crippen LogP contribution in [0.15, 0.2) is 34.1 Å². The Balaban J connectivity index is 2.87. The van der Waals surface area contributed by atoms with Crippen molar-refractivity contribution in [3.63, 3.8) is 0 Å². The quantitative estimate of drug-likeness (QED) is 0.467. The summed E-state index contributed by atoms with van der Waals surface area (Å²) in [5.41, 5.74) is 0. The van der Waals surface area contributed by atoms with Crippen molar-refractivity contribution in [3.8, 4) is 0 Å². The minimum atomic E-state index is -4.04. The fourth-order valence-corrected chi connectivity index (χ4v) is 3.08. The molecule has 0 aliphatic rings. The summed E-state index contributed by atoms with van der Waals surface area (Å²) >= 11 is 0. The molecule has 1 aromatic rings. The Bertz CT molecular complexity index is 728. The second kappa shape index (κ2) is 6.49. The molecule has 0 heterocycles. The van der Waals surface area contributed by atoms with E-state index in [1.54, 1.807) is 0 Å². The summed E-state index contributed by atoms with van der Waals surface area (Å²) < 4.78 is 48.1. The topological polar surface area (TPSA) is 164 Å². The SMILES string of the molecule is NS(=O)(=O)c1cccc(S(=O)(=O)NCC[C@H](O)C(=O)O)c1. The second-order valence-electron chi connectivity index (χ2n) is 4.06. The van der Waals surface area contributed by atoms with Crippen LogP contribution >= 0.6 is 0 Å². The van der Waals surface area contributed by atoms with Crippen molar-refractivity contribution < 1.29 is 31.8 Å². The number of hydrogen-bond donors (Lipinski definition) is 4. The molecule has 0 saturated heterocycles. The van der Waals surface area contributed by atoms with Gasteiger partial charge in [-0.05, 0) is 24.6 Å². The summed E-state index contributed by atoms with van der Waals surface area (Å²) in [6.45, 7) is -0.324.